The summed E-state index contributed by atoms with van der Waals surface area (Å²) >= 11 is 0. The maximum atomic E-state index is 13.1. The summed E-state index contributed by atoms with van der Waals surface area (Å²) in [5.41, 5.74) is 0.593. The number of aliphatic imine (C=N–C) groups is 1. The number of hydrogen-bond donors (Lipinski definition) is 2. The van der Waals surface area contributed by atoms with E-state index in [0.717, 1.165) is 23.4 Å². The average molecular weight is 446 g/mol. The van der Waals surface area contributed by atoms with Crippen LogP contribution >= 0.6 is 0 Å². The molecule has 0 bridgehead atoms. The van der Waals surface area contributed by atoms with E-state index in [0.29, 0.717) is 45.0 Å². The minimum atomic E-state index is -4.50. The van der Waals surface area contributed by atoms with Gasteiger partial charge in [0, 0.05) is 38.0 Å². The summed E-state index contributed by atoms with van der Waals surface area (Å²) in [6.45, 7) is 2.19. The normalized spacial score (nSPS) is 22.0. The molecule has 2 aromatic rings. The van der Waals surface area contributed by atoms with Crippen molar-refractivity contribution in [2.75, 3.05) is 38.7 Å². The lowest BCUT2D eigenvalue weighted by molar-refractivity contribution is -0.137. The predicted molar refractivity (Wildman–Crippen MR) is 116 cm³/mol. The molecule has 6 nitrogen and oxygen atoms in total. The molecule has 170 valence electrons. The molecule has 2 aliphatic rings. The quantitative estimate of drug-likeness (QED) is 0.705. The number of carbonyl (C=O) groups excluding carboxylic acids is 1. The fourth-order valence-electron chi connectivity index (χ4n) is 4.16. The molecule has 2 N–H and O–H groups in total. The number of alkyl halides is 3. The third-order valence-corrected chi connectivity index (χ3v) is 5.90. The van der Waals surface area contributed by atoms with E-state index in [1.54, 1.807) is 12.0 Å². The zero-order valence-corrected chi connectivity index (χ0v) is 17.7. The molecule has 1 atom stereocenters. The zero-order valence-electron chi connectivity index (χ0n) is 17.7. The van der Waals surface area contributed by atoms with Gasteiger partial charge in [0.05, 0.1) is 24.3 Å². The third kappa shape index (κ3) is 4.49. The summed E-state index contributed by atoms with van der Waals surface area (Å²) in [6.07, 6.45) is -3.91. The second-order valence-electron chi connectivity index (χ2n) is 8.00. The van der Waals surface area contributed by atoms with Crippen LogP contribution in [0.4, 0.5) is 18.9 Å². The van der Waals surface area contributed by atoms with Gasteiger partial charge in [-0.25, -0.2) is 0 Å². The Balaban J connectivity index is 1.60. The number of para-hydroxylation sites is 1. The number of anilines is 1. The Morgan fingerprint density at radius 3 is 2.81 bits per heavy atom. The Hall–Kier alpha value is -2.91. The number of methoxy groups -OCH3 is 1. The van der Waals surface area contributed by atoms with Gasteiger partial charge in [0.15, 0.2) is 0 Å². The van der Waals surface area contributed by atoms with E-state index >= 15 is 0 Å². The lowest BCUT2D eigenvalue weighted by Gasteiger charge is -2.30. The van der Waals surface area contributed by atoms with E-state index in [9.17, 15) is 18.0 Å². The molecule has 1 amide bonds. The van der Waals surface area contributed by atoms with Crippen molar-refractivity contribution in [2.24, 2.45) is 4.99 Å². The van der Waals surface area contributed by atoms with E-state index < -0.39 is 23.2 Å². The first kappa shape index (κ1) is 22.3. The number of halogens is 3. The highest BCUT2D eigenvalue weighted by atomic mass is 19.4. The molecule has 32 heavy (non-hydrogen) atoms. The van der Waals surface area contributed by atoms with Gasteiger partial charge >= 0.3 is 6.18 Å². The first-order chi connectivity index (χ1) is 15.3. The van der Waals surface area contributed by atoms with E-state index in [1.807, 2.05) is 24.3 Å². The van der Waals surface area contributed by atoms with Gasteiger partial charge in [-0.1, -0.05) is 24.3 Å². The first-order valence-corrected chi connectivity index (χ1v) is 10.4. The Kier molecular flexibility index (Phi) is 6.21. The molecule has 1 fully saturated rings. The lowest BCUT2D eigenvalue weighted by Crippen LogP contribution is -2.55. The van der Waals surface area contributed by atoms with Crippen LogP contribution in [0.15, 0.2) is 53.5 Å². The summed E-state index contributed by atoms with van der Waals surface area (Å²) in [4.78, 5) is 19.4. The van der Waals surface area contributed by atoms with Crippen molar-refractivity contribution in [3.8, 4) is 0 Å². The van der Waals surface area contributed by atoms with Crippen molar-refractivity contribution >= 4 is 17.4 Å². The van der Waals surface area contributed by atoms with Gasteiger partial charge < -0.3 is 15.0 Å². The summed E-state index contributed by atoms with van der Waals surface area (Å²) in [6, 6.07) is 12.5. The Bertz CT molecular complexity index is 1020. The van der Waals surface area contributed by atoms with Crippen LogP contribution in [-0.2, 0) is 17.5 Å². The number of rotatable bonds is 4. The van der Waals surface area contributed by atoms with Gasteiger partial charge in [-0.3, -0.25) is 15.1 Å². The number of amides is 1. The molecular formula is C23H25F3N4O2. The zero-order chi connectivity index (χ0) is 22.8. The summed E-state index contributed by atoms with van der Waals surface area (Å²) < 4.78 is 44.4. The van der Waals surface area contributed by atoms with E-state index in [4.69, 9.17) is 9.73 Å². The highest BCUT2D eigenvalue weighted by Gasteiger charge is 2.45. The van der Waals surface area contributed by atoms with Crippen molar-refractivity contribution in [2.45, 2.75) is 24.7 Å². The molecule has 1 spiro atoms. The van der Waals surface area contributed by atoms with Gasteiger partial charge in [0.1, 0.15) is 5.84 Å². The average Bonchev–Trinajstić information content (AvgIpc) is 3.15. The second kappa shape index (κ2) is 8.91. The van der Waals surface area contributed by atoms with E-state index in [2.05, 4.69) is 10.6 Å². The molecule has 1 saturated heterocycles. The predicted octanol–water partition coefficient (Wildman–Crippen LogP) is 3.55. The third-order valence-electron chi connectivity index (χ3n) is 5.90. The van der Waals surface area contributed by atoms with Gasteiger partial charge in [-0.05, 0) is 36.2 Å². The van der Waals surface area contributed by atoms with Crippen LogP contribution in [0.5, 0.6) is 0 Å². The minimum absolute atomic E-state index is 0.0274. The van der Waals surface area contributed by atoms with Crippen LogP contribution in [0.2, 0.25) is 0 Å². The van der Waals surface area contributed by atoms with Crippen molar-refractivity contribution in [3.05, 3.63) is 65.2 Å². The van der Waals surface area contributed by atoms with Gasteiger partial charge in [0.2, 0.25) is 0 Å². The second-order valence-corrected chi connectivity index (χ2v) is 8.00. The standard InChI is InChI=1S/C23H25F3N4O2/c1-32-12-10-27-21-22(28-14-17-5-2-3-8-19(17)29-21)9-11-30(15-22)20(31)16-6-4-7-18(13-16)23(24,25)26/h2-8,13,28H,9-12,14-15H2,1H3,(H,27,29)/t22-/m0/s1. The minimum Gasteiger partial charge on any atom is -0.383 e. The van der Waals surface area contributed by atoms with Crippen LogP contribution in [-0.4, -0.2) is 55.5 Å². The number of ether oxygens (including phenoxy) is 1. The maximum Gasteiger partial charge on any atom is 0.416 e. The monoisotopic (exact) mass is 446 g/mol. The van der Waals surface area contributed by atoms with Crippen LogP contribution in [0.3, 0.4) is 0 Å². The molecule has 9 heteroatoms. The topological polar surface area (TPSA) is 66.0 Å². The van der Waals surface area contributed by atoms with Gasteiger partial charge in [-0.15, -0.1) is 0 Å². The highest BCUT2D eigenvalue weighted by molar-refractivity contribution is 6.05. The lowest BCUT2D eigenvalue weighted by atomic mass is 9.96. The number of likely N-dealkylation sites (tertiary alicyclic amines) is 1. The number of carbonyl (C=O) groups is 1. The number of hydrogen-bond acceptors (Lipinski definition) is 4. The first-order valence-electron chi connectivity index (χ1n) is 10.4. The fraction of sp³-hybridized carbons (Fsp3) is 0.391. The Labute approximate surface area is 184 Å². The van der Waals surface area contributed by atoms with Crippen molar-refractivity contribution < 1.29 is 22.7 Å². The molecule has 0 saturated carbocycles. The molecule has 4 rings (SSSR count). The summed E-state index contributed by atoms with van der Waals surface area (Å²) in [7, 11) is 1.61. The van der Waals surface area contributed by atoms with Crippen LogP contribution in [0, 0.1) is 0 Å². The van der Waals surface area contributed by atoms with Gasteiger partial charge in [-0.2, -0.15) is 13.2 Å². The van der Waals surface area contributed by atoms with Crippen LogP contribution in [0.25, 0.3) is 0 Å². The highest BCUT2D eigenvalue weighted by Crippen LogP contribution is 2.32. The number of benzene rings is 2. The largest absolute Gasteiger partial charge is 0.416 e. The number of nitrogens with one attached hydrogen (secondary N) is 2. The fourth-order valence-corrected chi connectivity index (χ4v) is 4.16. The molecule has 2 aliphatic heterocycles. The number of amidine groups is 1. The van der Waals surface area contributed by atoms with Crippen molar-refractivity contribution in [1.82, 2.24) is 10.2 Å². The van der Waals surface area contributed by atoms with Gasteiger partial charge in [0.25, 0.3) is 5.91 Å². The molecule has 0 unspecified atom stereocenters. The molecular weight excluding hydrogens is 421 g/mol. The van der Waals surface area contributed by atoms with Crippen molar-refractivity contribution in [1.29, 1.82) is 0 Å². The van der Waals surface area contributed by atoms with Crippen LogP contribution < -0.4 is 10.6 Å². The molecule has 0 aliphatic carbocycles. The van der Waals surface area contributed by atoms with Crippen molar-refractivity contribution in [3.63, 3.8) is 0 Å². The van der Waals surface area contributed by atoms with E-state index in [-0.39, 0.29) is 5.56 Å². The number of nitrogens with zero attached hydrogens (tertiary/aromatic N) is 2. The molecule has 0 aromatic heterocycles. The maximum absolute atomic E-state index is 13.1. The Morgan fingerprint density at radius 2 is 2.03 bits per heavy atom. The van der Waals surface area contributed by atoms with E-state index in [1.165, 1.54) is 12.1 Å². The number of fused-ring (bicyclic) bond motifs is 1. The SMILES string of the molecule is COCCN=C1Nc2ccccc2CN[C@]12CCN(C(=O)c1cccc(C(F)(F)F)c1)C2. The molecule has 2 aromatic carbocycles. The van der Waals surface area contributed by atoms with Crippen LogP contribution in [0.1, 0.15) is 27.9 Å². The smallest absolute Gasteiger partial charge is 0.383 e. The summed E-state index contributed by atoms with van der Waals surface area (Å²) in [5, 5.41) is 6.98. The Morgan fingerprint density at radius 1 is 1.22 bits per heavy atom. The molecule has 2 heterocycles. The molecule has 0 radical (unpaired) electrons. The summed E-state index contributed by atoms with van der Waals surface area (Å²) in [5.74, 6) is 0.284.